The molecular formula is C13H12N6O3S2. The summed E-state index contributed by atoms with van der Waals surface area (Å²) in [5.74, 6) is -0.819. The second-order valence-corrected chi connectivity index (χ2v) is 7.08. The lowest BCUT2D eigenvalue weighted by Crippen LogP contribution is -2.21. The predicted molar refractivity (Wildman–Crippen MR) is 86.2 cm³/mol. The maximum atomic E-state index is 12.0. The molecule has 0 bridgehead atoms. The maximum Gasteiger partial charge on any atom is 0.250 e. The number of hydrogen-bond donors (Lipinski definition) is 2. The number of primary amides is 1. The summed E-state index contributed by atoms with van der Waals surface area (Å²) in [6, 6.07) is 3.30. The van der Waals surface area contributed by atoms with Crippen LogP contribution in [0.5, 0.6) is 0 Å². The van der Waals surface area contributed by atoms with E-state index in [-0.39, 0.29) is 32.5 Å². The molecule has 24 heavy (non-hydrogen) atoms. The Morgan fingerprint density at radius 1 is 1.38 bits per heavy atom. The van der Waals surface area contributed by atoms with Crippen molar-refractivity contribution in [3.8, 4) is 17.5 Å². The summed E-state index contributed by atoms with van der Waals surface area (Å²) in [5, 5.41) is 14.1. The molecule has 0 spiro atoms. The highest BCUT2D eigenvalue weighted by molar-refractivity contribution is 8.00. The van der Waals surface area contributed by atoms with Crippen LogP contribution in [0.1, 0.15) is 15.9 Å². The number of rotatable bonds is 5. The van der Waals surface area contributed by atoms with Gasteiger partial charge < -0.3 is 5.73 Å². The molecule has 0 saturated carbocycles. The van der Waals surface area contributed by atoms with E-state index in [1.54, 1.807) is 0 Å². The van der Waals surface area contributed by atoms with Crippen molar-refractivity contribution >= 4 is 27.7 Å². The van der Waals surface area contributed by atoms with Crippen molar-refractivity contribution in [3.63, 3.8) is 0 Å². The zero-order valence-corrected chi connectivity index (χ0v) is 14.1. The number of aromatic nitrogens is 3. The Morgan fingerprint density at radius 3 is 2.50 bits per heavy atom. The molecule has 0 aliphatic rings. The number of nitriles is 1. The number of primary sulfonamides is 1. The largest absolute Gasteiger partial charge is 0.366 e. The summed E-state index contributed by atoms with van der Waals surface area (Å²) in [6.45, 7) is 1.52. The fourth-order valence-corrected chi connectivity index (χ4v) is 4.41. The number of carbonyl (C=O) groups is 1. The van der Waals surface area contributed by atoms with Gasteiger partial charge in [-0.05, 0) is 18.6 Å². The monoisotopic (exact) mass is 364 g/mol. The maximum absolute atomic E-state index is 12.0. The van der Waals surface area contributed by atoms with E-state index in [1.807, 2.05) is 6.07 Å². The highest BCUT2D eigenvalue weighted by atomic mass is 32.2. The van der Waals surface area contributed by atoms with E-state index in [9.17, 15) is 13.2 Å². The smallest absolute Gasteiger partial charge is 0.250 e. The molecule has 11 heteroatoms. The Balaban J connectivity index is 2.92. The number of benzene rings is 1. The molecule has 0 unspecified atom stereocenters. The Morgan fingerprint density at radius 2 is 2.00 bits per heavy atom. The van der Waals surface area contributed by atoms with E-state index in [0.717, 1.165) is 11.8 Å². The first-order chi connectivity index (χ1) is 11.3. The van der Waals surface area contributed by atoms with Crippen molar-refractivity contribution in [3.05, 3.63) is 29.8 Å². The summed E-state index contributed by atoms with van der Waals surface area (Å²) < 4.78 is 23.9. The number of hydrogen-bond acceptors (Lipinski definition) is 8. The van der Waals surface area contributed by atoms with E-state index in [4.69, 9.17) is 16.1 Å². The molecule has 2 aromatic rings. The van der Waals surface area contributed by atoms with Crippen LogP contribution in [-0.4, -0.2) is 35.0 Å². The van der Waals surface area contributed by atoms with Crippen LogP contribution in [0.15, 0.2) is 28.5 Å². The normalized spacial score (nSPS) is 11.0. The van der Waals surface area contributed by atoms with Gasteiger partial charge >= 0.3 is 0 Å². The summed E-state index contributed by atoms with van der Waals surface area (Å²) in [5.41, 5.74) is 5.88. The van der Waals surface area contributed by atoms with Gasteiger partial charge in [-0.3, -0.25) is 4.79 Å². The van der Waals surface area contributed by atoms with Gasteiger partial charge in [0.25, 0.3) is 5.91 Å². The number of sulfonamides is 1. The van der Waals surface area contributed by atoms with Gasteiger partial charge in [-0.25, -0.2) is 28.5 Å². The molecule has 0 fully saturated rings. The molecule has 1 aromatic heterocycles. The minimum atomic E-state index is -4.14. The minimum Gasteiger partial charge on any atom is -0.366 e. The first-order valence-electron chi connectivity index (χ1n) is 6.39. The third kappa shape index (κ3) is 3.51. The van der Waals surface area contributed by atoms with Crippen LogP contribution in [0.25, 0.3) is 11.4 Å². The SMILES string of the molecule is Cc1cc(-c2ncncn2)c(C(N)=O)c(SCC#N)c1S(N)(=O)=O. The van der Waals surface area contributed by atoms with Crippen molar-refractivity contribution in [2.45, 2.75) is 16.7 Å². The van der Waals surface area contributed by atoms with Gasteiger partial charge in [0.1, 0.15) is 12.7 Å². The first-order valence-corrected chi connectivity index (χ1v) is 8.93. The highest BCUT2D eigenvalue weighted by Gasteiger charge is 2.27. The van der Waals surface area contributed by atoms with Crippen LogP contribution in [0.3, 0.4) is 0 Å². The molecule has 0 aliphatic carbocycles. The van der Waals surface area contributed by atoms with Crippen LogP contribution in [0.4, 0.5) is 0 Å². The summed E-state index contributed by atoms with van der Waals surface area (Å²) in [7, 11) is -4.14. The molecule has 0 aliphatic heterocycles. The van der Waals surface area contributed by atoms with Crippen LogP contribution in [0.2, 0.25) is 0 Å². The molecule has 1 aromatic carbocycles. The van der Waals surface area contributed by atoms with Crippen molar-refractivity contribution in [2.75, 3.05) is 5.75 Å². The number of carbonyl (C=O) groups excluding carboxylic acids is 1. The van der Waals surface area contributed by atoms with Gasteiger partial charge in [-0.1, -0.05) is 0 Å². The number of aryl methyl sites for hydroxylation is 1. The average Bonchev–Trinajstić information content (AvgIpc) is 2.51. The van der Waals surface area contributed by atoms with Crippen LogP contribution < -0.4 is 10.9 Å². The second kappa shape index (κ2) is 6.91. The lowest BCUT2D eigenvalue weighted by atomic mass is 10.0. The van der Waals surface area contributed by atoms with Gasteiger partial charge in [0.2, 0.25) is 10.0 Å². The van der Waals surface area contributed by atoms with Crippen molar-refractivity contribution in [1.29, 1.82) is 5.26 Å². The molecular weight excluding hydrogens is 352 g/mol. The lowest BCUT2D eigenvalue weighted by molar-refractivity contribution is 0.0997. The first kappa shape index (κ1) is 17.8. The van der Waals surface area contributed by atoms with Gasteiger partial charge in [0, 0.05) is 10.5 Å². The third-order valence-electron chi connectivity index (χ3n) is 2.97. The summed E-state index contributed by atoms with van der Waals surface area (Å²) in [6.07, 6.45) is 2.47. The average molecular weight is 364 g/mol. The molecule has 1 amide bonds. The standard InChI is InChI=1S/C13H12N6O3S2/c1-7-4-8(13-18-5-17-6-19-13)9(12(15)20)10(23-3-2-14)11(7)24(16,21)22/h4-6H,3H2,1H3,(H2,15,20)(H2,16,21,22). The van der Waals surface area contributed by atoms with Gasteiger partial charge in [0.05, 0.1) is 22.3 Å². The Bertz CT molecular complexity index is 938. The summed E-state index contributed by atoms with van der Waals surface area (Å²) >= 11 is 0.860. The van der Waals surface area contributed by atoms with E-state index in [0.29, 0.717) is 5.56 Å². The van der Waals surface area contributed by atoms with Crippen molar-refractivity contribution in [1.82, 2.24) is 15.0 Å². The molecule has 9 nitrogen and oxygen atoms in total. The molecule has 4 N–H and O–H groups in total. The second-order valence-electron chi connectivity index (χ2n) is 4.59. The van der Waals surface area contributed by atoms with Gasteiger partial charge in [-0.2, -0.15) is 5.26 Å². The quantitative estimate of drug-likeness (QED) is 0.710. The van der Waals surface area contributed by atoms with E-state index < -0.39 is 15.9 Å². The third-order valence-corrected chi connectivity index (χ3v) is 5.16. The fourth-order valence-electron chi connectivity index (χ4n) is 2.16. The lowest BCUT2D eigenvalue weighted by Gasteiger charge is -2.16. The summed E-state index contributed by atoms with van der Waals surface area (Å²) in [4.78, 5) is 23.4. The van der Waals surface area contributed by atoms with Crippen LogP contribution >= 0.6 is 11.8 Å². The number of amides is 1. The van der Waals surface area contributed by atoms with Crippen molar-refractivity contribution < 1.29 is 13.2 Å². The highest BCUT2D eigenvalue weighted by Crippen LogP contribution is 2.37. The Kier molecular flexibility index (Phi) is 5.13. The van der Waals surface area contributed by atoms with Crippen LogP contribution in [0, 0.1) is 18.3 Å². The molecule has 0 radical (unpaired) electrons. The molecule has 2 rings (SSSR count). The number of nitrogens with two attached hydrogens (primary N) is 2. The number of thioether (sulfide) groups is 1. The van der Waals surface area contributed by atoms with E-state index in [2.05, 4.69) is 15.0 Å². The fraction of sp³-hybridized carbons (Fsp3) is 0.154. The van der Waals surface area contributed by atoms with Crippen LogP contribution in [-0.2, 0) is 10.0 Å². The predicted octanol–water partition coefficient (Wildman–Crippen LogP) is 0.209. The topological polar surface area (TPSA) is 166 Å². The molecule has 124 valence electrons. The Labute approximate surface area is 142 Å². The molecule has 1 heterocycles. The number of nitrogens with zero attached hydrogens (tertiary/aromatic N) is 4. The Hall–Kier alpha value is -2.55. The van der Waals surface area contributed by atoms with Gasteiger partial charge in [-0.15, -0.1) is 11.8 Å². The van der Waals surface area contributed by atoms with E-state index in [1.165, 1.54) is 25.6 Å². The van der Waals surface area contributed by atoms with Gasteiger partial charge in [0.15, 0.2) is 5.82 Å². The van der Waals surface area contributed by atoms with E-state index >= 15 is 0 Å². The zero-order chi connectivity index (χ0) is 17.9. The molecule has 0 atom stereocenters. The minimum absolute atomic E-state index is 0.0157. The van der Waals surface area contributed by atoms with Crippen molar-refractivity contribution in [2.24, 2.45) is 10.9 Å². The zero-order valence-electron chi connectivity index (χ0n) is 12.4. The molecule has 0 saturated heterocycles.